The van der Waals surface area contributed by atoms with Gasteiger partial charge in [-0.15, -0.1) is 0 Å². The van der Waals surface area contributed by atoms with Crippen LogP contribution in [0, 0.1) is 18.3 Å². The number of aromatic nitrogens is 1. The molecule has 1 fully saturated rings. The van der Waals surface area contributed by atoms with E-state index in [1.54, 1.807) is 23.4 Å². The number of nitrogens with zero attached hydrogens (tertiary/aromatic N) is 3. The van der Waals surface area contributed by atoms with E-state index in [1.165, 1.54) is 0 Å². The molecule has 1 aromatic heterocycles. The van der Waals surface area contributed by atoms with Crippen molar-refractivity contribution in [1.29, 1.82) is 5.26 Å². The number of likely N-dealkylation sites (tertiary alicyclic amines) is 1. The molecule has 1 N–H and O–H groups in total. The molecule has 0 unspecified atom stereocenters. The molecular formula is C21H22N4O. The molecule has 1 saturated heterocycles. The van der Waals surface area contributed by atoms with Gasteiger partial charge >= 0.3 is 0 Å². The lowest BCUT2D eigenvalue weighted by Gasteiger charge is -2.32. The largest absolute Gasteiger partial charge is 0.381 e. The van der Waals surface area contributed by atoms with Gasteiger partial charge in [0.25, 0.3) is 5.91 Å². The van der Waals surface area contributed by atoms with E-state index in [0.29, 0.717) is 19.1 Å². The van der Waals surface area contributed by atoms with E-state index < -0.39 is 0 Å². The number of hydrogen-bond acceptors (Lipinski definition) is 4. The molecule has 2 heterocycles. The van der Waals surface area contributed by atoms with Crippen LogP contribution >= 0.6 is 0 Å². The Kier molecular flexibility index (Phi) is 5.65. The second kappa shape index (κ2) is 8.30. The van der Waals surface area contributed by atoms with Gasteiger partial charge in [-0.05, 0) is 43.5 Å². The third-order valence-corrected chi connectivity index (χ3v) is 4.55. The van der Waals surface area contributed by atoms with E-state index in [1.807, 2.05) is 43.3 Å². The van der Waals surface area contributed by atoms with E-state index in [-0.39, 0.29) is 11.5 Å². The Morgan fingerprint density at radius 3 is 2.62 bits per heavy atom. The van der Waals surface area contributed by atoms with Gasteiger partial charge in [-0.3, -0.25) is 9.78 Å². The first kappa shape index (κ1) is 17.7. The quantitative estimate of drug-likeness (QED) is 0.680. The Bertz CT molecular complexity index is 813. The van der Waals surface area contributed by atoms with E-state index >= 15 is 0 Å². The lowest BCUT2D eigenvalue weighted by atomic mass is 10.0. The lowest BCUT2D eigenvalue weighted by Crippen LogP contribution is -2.42. The number of nitriles is 1. The van der Waals surface area contributed by atoms with Crippen molar-refractivity contribution in [1.82, 2.24) is 9.88 Å². The number of carbonyl (C=O) groups excluding carboxylic acids is 1. The molecule has 2 aromatic rings. The van der Waals surface area contributed by atoms with Crippen molar-refractivity contribution in [3.63, 3.8) is 0 Å². The molecule has 5 nitrogen and oxygen atoms in total. The molecule has 1 aliphatic heterocycles. The van der Waals surface area contributed by atoms with Gasteiger partial charge in [0.15, 0.2) is 0 Å². The van der Waals surface area contributed by atoms with Crippen LogP contribution < -0.4 is 5.32 Å². The summed E-state index contributed by atoms with van der Waals surface area (Å²) in [4.78, 5) is 18.5. The van der Waals surface area contributed by atoms with E-state index in [2.05, 4.69) is 16.4 Å². The van der Waals surface area contributed by atoms with Gasteiger partial charge < -0.3 is 10.2 Å². The number of hydrogen-bond donors (Lipinski definition) is 1. The van der Waals surface area contributed by atoms with Gasteiger partial charge in [0.05, 0.1) is 5.69 Å². The number of piperidine rings is 1. The molecule has 0 atom stereocenters. The minimum atomic E-state index is -0.187. The summed E-state index contributed by atoms with van der Waals surface area (Å²) in [5.74, 6) is -0.187. The SMILES string of the molecule is Cc1ccc(C=C(C#N)C(=O)N2CCC(Nc3cccnc3)CC2)cc1. The topological polar surface area (TPSA) is 69.0 Å². The minimum Gasteiger partial charge on any atom is -0.381 e. The maximum Gasteiger partial charge on any atom is 0.264 e. The zero-order chi connectivity index (χ0) is 18.4. The first-order chi connectivity index (χ1) is 12.7. The summed E-state index contributed by atoms with van der Waals surface area (Å²) in [5, 5.41) is 12.9. The maximum atomic E-state index is 12.7. The lowest BCUT2D eigenvalue weighted by molar-refractivity contribution is -0.127. The molecule has 1 amide bonds. The van der Waals surface area contributed by atoms with Crippen molar-refractivity contribution in [3.05, 3.63) is 65.5 Å². The summed E-state index contributed by atoms with van der Waals surface area (Å²) in [6.45, 7) is 3.29. The van der Waals surface area contributed by atoms with Crippen LogP contribution in [-0.4, -0.2) is 34.9 Å². The molecule has 0 spiro atoms. The van der Waals surface area contributed by atoms with Gasteiger partial charge in [-0.2, -0.15) is 5.26 Å². The number of amides is 1. The summed E-state index contributed by atoms with van der Waals surface area (Å²) in [6.07, 6.45) is 6.92. The number of nitrogens with one attached hydrogen (secondary N) is 1. The van der Waals surface area contributed by atoms with Crippen LogP contribution in [0.4, 0.5) is 5.69 Å². The van der Waals surface area contributed by atoms with Gasteiger partial charge in [0, 0.05) is 31.5 Å². The normalized spacial score (nSPS) is 15.4. The third-order valence-electron chi connectivity index (χ3n) is 4.55. The Balaban J connectivity index is 1.60. The smallest absolute Gasteiger partial charge is 0.264 e. The fourth-order valence-corrected chi connectivity index (χ4v) is 3.05. The monoisotopic (exact) mass is 346 g/mol. The van der Waals surface area contributed by atoms with Crippen molar-refractivity contribution >= 4 is 17.7 Å². The summed E-state index contributed by atoms with van der Waals surface area (Å²) >= 11 is 0. The van der Waals surface area contributed by atoms with Crippen molar-refractivity contribution in [2.24, 2.45) is 0 Å². The van der Waals surface area contributed by atoms with Crippen molar-refractivity contribution in [2.75, 3.05) is 18.4 Å². The van der Waals surface area contributed by atoms with Gasteiger partial charge in [0.2, 0.25) is 0 Å². The summed E-state index contributed by atoms with van der Waals surface area (Å²) in [6, 6.07) is 14.0. The molecule has 0 radical (unpaired) electrons. The van der Waals surface area contributed by atoms with Crippen LogP contribution in [0.25, 0.3) is 6.08 Å². The molecule has 1 aliphatic rings. The van der Waals surface area contributed by atoms with Crippen LogP contribution in [0.3, 0.4) is 0 Å². The molecular weight excluding hydrogens is 324 g/mol. The summed E-state index contributed by atoms with van der Waals surface area (Å²) in [7, 11) is 0. The number of benzene rings is 1. The predicted octanol–water partition coefficient (Wildman–Crippen LogP) is 3.40. The number of pyridine rings is 1. The Hall–Kier alpha value is -3.13. The highest BCUT2D eigenvalue weighted by atomic mass is 16.2. The number of rotatable bonds is 4. The summed E-state index contributed by atoms with van der Waals surface area (Å²) < 4.78 is 0. The van der Waals surface area contributed by atoms with Gasteiger partial charge in [0.1, 0.15) is 11.6 Å². The average molecular weight is 346 g/mol. The molecule has 1 aromatic carbocycles. The van der Waals surface area contributed by atoms with Crippen molar-refractivity contribution in [2.45, 2.75) is 25.8 Å². The molecule has 0 aliphatic carbocycles. The molecule has 3 rings (SSSR count). The Morgan fingerprint density at radius 2 is 2.00 bits per heavy atom. The molecule has 0 saturated carbocycles. The Labute approximate surface area is 154 Å². The predicted molar refractivity (Wildman–Crippen MR) is 102 cm³/mol. The average Bonchev–Trinajstić information content (AvgIpc) is 2.68. The maximum absolute atomic E-state index is 12.7. The first-order valence-electron chi connectivity index (χ1n) is 8.80. The molecule has 0 bridgehead atoms. The summed E-state index contributed by atoms with van der Waals surface area (Å²) in [5.41, 5.74) is 3.20. The van der Waals surface area contributed by atoms with Crippen LogP contribution in [0.2, 0.25) is 0 Å². The van der Waals surface area contributed by atoms with E-state index in [4.69, 9.17) is 0 Å². The number of carbonyl (C=O) groups is 1. The molecule has 5 heteroatoms. The highest BCUT2D eigenvalue weighted by molar-refractivity contribution is 6.01. The zero-order valence-corrected chi connectivity index (χ0v) is 14.9. The fourth-order valence-electron chi connectivity index (χ4n) is 3.05. The van der Waals surface area contributed by atoms with E-state index in [9.17, 15) is 10.1 Å². The third kappa shape index (κ3) is 4.48. The first-order valence-corrected chi connectivity index (χ1v) is 8.80. The van der Waals surface area contributed by atoms with Gasteiger partial charge in [-0.1, -0.05) is 29.8 Å². The molecule has 26 heavy (non-hydrogen) atoms. The van der Waals surface area contributed by atoms with Crippen LogP contribution in [0.15, 0.2) is 54.4 Å². The van der Waals surface area contributed by atoms with E-state index in [0.717, 1.165) is 29.7 Å². The molecule has 132 valence electrons. The van der Waals surface area contributed by atoms with Crippen molar-refractivity contribution < 1.29 is 4.79 Å². The second-order valence-electron chi connectivity index (χ2n) is 6.53. The number of aryl methyl sites for hydroxylation is 1. The van der Waals surface area contributed by atoms with Crippen molar-refractivity contribution in [3.8, 4) is 6.07 Å². The number of anilines is 1. The van der Waals surface area contributed by atoms with Crippen LogP contribution in [0.5, 0.6) is 0 Å². The van der Waals surface area contributed by atoms with Crippen LogP contribution in [-0.2, 0) is 4.79 Å². The van der Waals surface area contributed by atoms with Crippen LogP contribution in [0.1, 0.15) is 24.0 Å². The minimum absolute atomic E-state index is 0.187. The van der Waals surface area contributed by atoms with Gasteiger partial charge in [-0.25, -0.2) is 0 Å². The highest BCUT2D eigenvalue weighted by Gasteiger charge is 2.24. The second-order valence-corrected chi connectivity index (χ2v) is 6.53. The Morgan fingerprint density at radius 1 is 1.27 bits per heavy atom. The standard InChI is InChI=1S/C21H22N4O/c1-16-4-6-17(7-5-16)13-18(14-22)21(26)25-11-8-19(9-12-25)24-20-3-2-10-23-15-20/h2-7,10,13,15,19,24H,8-9,11-12H2,1H3. The highest BCUT2D eigenvalue weighted by Crippen LogP contribution is 2.18. The zero-order valence-electron chi connectivity index (χ0n) is 14.9. The fraction of sp³-hybridized carbons (Fsp3) is 0.286.